The summed E-state index contributed by atoms with van der Waals surface area (Å²) in [6.45, 7) is 1.22. The van der Waals surface area contributed by atoms with Gasteiger partial charge in [0.05, 0.1) is 7.11 Å². The topological polar surface area (TPSA) is 30.5 Å². The summed E-state index contributed by atoms with van der Waals surface area (Å²) in [5, 5.41) is 4.94. The van der Waals surface area contributed by atoms with E-state index in [1.807, 2.05) is 18.2 Å². The lowest BCUT2D eigenvalue weighted by Crippen LogP contribution is -2.29. The van der Waals surface area contributed by atoms with Crippen molar-refractivity contribution >= 4 is 23.2 Å². The predicted molar refractivity (Wildman–Crippen MR) is 117 cm³/mol. The summed E-state index contributed by atoms with van der Waals surface area (Å²) >= 11 is 12.2. The molecule has 5 heteroatoms. The maximum atomic E-state index is 6.23. The van der Waals surface area contributed by atoms with Crippen LogP contribution in [0.15, 0.2) is 36.4 Å². The van der Waals surface area contributed by atoms with Crippen LogP contribution in [0.25, 0.3) is 0 Å². The number of halogens is 2. The molecule has 0 atom stereocenters. The van der Waals surface area contributed by atoms with Crippen LogP contribution in [-0.4, -0.2) is 13.2 Å². The van der Waals surface area contributed by atoms with Gasteiger partial charge in [-0.05, 0) is 42.7 Å². The molecule has 1 N–H and O–H groups in total. The van der Waals surface area contributed by atoms with Crippen molar-refractivity contribution in [3.05, 3.63) is 57.6 Å². The van der Waals surface area contributed by atoms with Crippen molar-refractivity contribution in [1.29, 1.82) is 0 Å². The number of benzene rings is 2. The first-order valence-corrected chi connectivity index (χ1v) is 10.9. The summed E-state index contributed by atoms with van der Waals surface area (Å²) in [4.78, 5) is 0. The summed E-state index contributed by atoms with van der Waals surface area (Å²) in [5.41, 5.74) is 2.10. The van der Waals surface area contributed by atoms with E-state index < -0.39 is 0 Å². The van der Waals surface area contributed by atoms with Crippen LogP contribution >= 0.6 is 23.2 Å². The molecule has 2 aromatic carbocycles. The number of methoxy groups -OCH3 is 1. The fourth-order valence-electron chi connectivity index (χ4n) is 3.66. The van der Waals surface area contributed by atoms with Gasteiger partial charge in [0.2, 0.25) is 0 Å². The Labute approximate surface area is 178 Å². The van der Waals surface area contributed by atoms with Gasteiger partial charge in [0.15, 0.2) is 11.5 Å². The molecular weight excluding hydrogens is 393 g/mol. The summed E-state index contributed by atoms with van der Waals surface area (Å²) < 4.78 is 11.5. The Balaban J connectivity index is 1.58. The molecule has 0 aromatic heterocycles. The lowest BCUT2D eigenvalue weighted by molar-refractivity contribution is 0.284. The smallest absolute Gasteiger partial charge is 0.161 e. The SMILES string of the molecule is COc1cc(CNC2CCCCCCC2)ccc1OCc1ccc(Cl)cc1Cl. The Bertz CT molecular complexity index is 758. The summed E-state index contributed by atoms with van der Waals surface area (Å²) in [6.07, 6.45) is 9.36. The third-order valence-corrected chi connectivity index (χ3v) is 5.91. The molecule has 1 aliphatic carbocycles. The molecule has 0 saturated heterocycles. The summed E-state index contributed by atoms with van der Waals surface area (Å²) in [6, 6.07) is 12.2. The maximum absolute atomic E-state index is 6.23. The van der Waals surface area contributed by atoms with E-state index in [4.69, 9.17) is 32.7 Å². The van der Waals surface area contributed by atoms with Crippen LogP contribution in [0.3, 0.4) is 0 Å². The Morgan fingerprint density at radius 1 is 0.929 bits per heavy atom. The van der Waals surface area contributed by atoms with Crippen molar-refractivity contribution in [2.45, 2.75) is 64.1 Å². The minimum Gasteiger partial charge on any atom is -0.493 e. The van der Waals surface area contributed by atoms with Crippen LogP contribution < -0.4 is 14.8 Å². The van der Waals surface area contributed by atoms with E-state index in [1.165, 1.54) is 50.5 Å². The van der Waals surface area contributed by atoms with E-state index in [0.717, 1.165) is 17.9 Å². The van der Waals surface area contributed by atoms with Crippen LogP contribution in [0.1, 0.15) is 56.1 Å². The third kappa shape index (κ3) is 6.30. The molecule has 1 fully saturated rings. The monoisotopic (exact) mass is 421 g/mol. The molecule has 0 radical (unpaired) electrons. The molecule has 28 heavy (non-hydrogen) atoms. The summed E-state index contributed by atoms with van der Waals surface area (Å²) in [5.74, 6) is 1.45. The zero-order valence-corrected chi connectivity index (χ0v) is 18.0. The van der Waals surface area contributed by atoms with Gasteiger partial charge in [0.25, 0.3) is 0 Å². The first-order chi connectivity index (χ1) is 13.7. The fourth-order valence-corrected chi connectivity index (χ4v) is 4.12. The molecule has 0 unspecified atom stereocenters. The first-order valence-electron chi connectivity index (χ1n) is 10.1. The van der Waals surface area contributed by atoms with E-state index in [0.29, 0.717) is 28.4 Å². The lowest BCUT2D eigenvalue weighted by Gasteiger charge is -2.21. The highest BCUT2D eigenvalue weighted by Crippen LogP contribution is 2.30. The van der Waals surface area contributed by atoms with Crippen LogP contribution in [0, 0.1) is 0 Å². The number of hydrogen-bond acceptors (Lipinski definition) is 3. The zero-order chi connectivity index (χ0) is 19.8. The van der Waals surface area contributed by atoms with Gasteiger partial charge < -0.3 is 14.8 Å². The number of nitrogens with one attached hydrogen (secondary N) is 1. The van der Waals surface area contributed by atoms with Gasteiger partial charge in [-0.25, -0.2) is 0 Å². The Morgan fingerprint density at radius 2 is 1.68 bits per heavy atom. The summed E-state index contributed by atoms with van der Waals surface area (Å²) in [7, 11) is 1.67. The van der Waals surface area contributed by atoms with Gasteiger partial charge in [0, 0.05) is 28.2 Å². The van der Waals surface area contributed by atoms with Gasteiger partial charge in [0.1, 0.15) is 6.61 Å². The quantitative estimate of drug-likeness (QED) is 0.533. The van der Waals surface area contributed by atoms with Crippen LogP contribution in [0.5, 0.6) is 11.5 Å². The molecule has 3 rings (SSSR count). The highest BCUT2D eigenvalue weighted by Gasteiger charge is 2.12. The van der Waals surface area contributed by atoms with Crippen molar-refractivity contribution in [3.63, 3.8) is 0 Å². The van der Waals surface area contributed by atoms with E-state index in [2.05, 4.69) is 17.4 Å². The van der Waals surface area contributed by atoms with E-state index >= 15 is 0 Å². The fraction of sp³-hybridized carbons (Fsp3) is 0.478. The first kappa shape index (κ1) is 21.3. The van der Waals surface area contributed by atoms with Crippen LogP contribution in [0.4, 0.5) is 0 Å². The second-order valence-corrected chi connectivity index (χ2v) is 8.28. The molecule has 0 heterocycles. The second-order valence-electron chi connectivity index (χ2n) is 7.43. The number of hydrogen-bond donors (Lipinski definition) is 1. The molecule has 152 valence electrons. The molecule has 0 aliphatic heterocycles. The number of ether oxygens (including phenoxy) is 2. The van der Waals surface area contributed by atoms with Gasteiger partial charge in [-0.1, -0.05) is 67.4 Å². The van der Waals surface area contributed by atoms with E-state index in [-0.39, 0.29) is 0 Å². The Hall–Kier alpha value is -1.42. The molecule has 3 nitrogen and oxygen atoms in total. The molecule has 1 aliphatic rings. The van der Waals surface area contributed by atoms with E-state index in [9.17, 15) is 0 Å². The van der Waals surface area contributed by atoms with Crippen LogP contribution in [-0.2, 0) is 13.2 Å². The minimum absolute atomic E-state index is 0.367. The van der Waals surface area contributed by atoms with Crippen molar-refractivity contribution in [2.75, 3.05) is 7.11 Å². The van der Waals surface area contributed by atoms with Crippen molar-refractivity contribution in [2.24, 2.45) is 0 Å². The molecule has 2 aromatic rings. The zero-order valence-electron chi connectivity index (χ0n) is 16.5. The highest BCUT2D eigenvalue weighted by molar-refractivity contribution is 6.35. The molecule has 0 bridgehead atoms. The van der Waals surface area contributed by atoms with Gasteiger partial charge in [-0.3, -0.25) is 0 Å². The molecule has 0 spiro atoms. The third-order valence-electron chi connectivity index (χ3n) is 5.33. The van der Waals surface area contributed by atoms with Gasteiger partial charge in [-0.15, -0.1) is 0 Å². The standard InChI is InChI=1S/C23H29Cl2NO2/c1-27-23-13-17(15-26-20-7-5-3-2-4-6-8-20)9-12-22(23)28-16-18-10-11-19(24)14-21(18)25/h9-14,20,26H,2-8,15-16H2,1H3. The Kier molecular flexibility index (Phi) is 8.32. The minimum atomic E-state index is 0.367. The lowest BCUT2D eigenvalue weighted by atomic mass is 9.96. The largest absolute Gasteiger partial charge is 0.493 e. The number of rotatable bonds is 7. The Morgan fingerprint density at radius 3 is 2.39 bits per heavy atom. The average molecular weight is 422 g/mol. The molecular formula is C23H29Cl2NO2. The van der Waals surface area contributed by atoms with Crippen molar-refractivity contribution in [1.82, 2.24) is 5.32 Å². The predicted octanol–water partition coefficient (Wildman–Crippen LogP) is 6.78. The molecule has 0 amide bonds. The maximum Gasteiger partial charge on any atom is 0.161 e. The second kappa shape index (κ2) is 10.9. The molecule has 1 saturated carbocycles. The average Bonchev–Trinajstić information content (AvgIpc) is 2.67. The van der Waals surface area contributed by atoms with E-state index in [1.54, 1.807) is 13.2 Å². The van der Waals surface area contributed by atoms with Crippen LogP contribution in [0.2, 0.25) is 10.0 Å². The highest BCUT2D eigenvalue weighted by atomic mass is 35.5. The van der Waals surface area contributed by atoms with Crippen molar-refractivity contribution in [3.8, 4) is 11.5 Å². The van der Waals surface area contributed by atoms with Gasteiger partial charge in [-0.2, -0.15) is 0 Å². The van der Waals surface area contributed by atoms with Gasteiger partial charge >= 0.3 is 0 Å². The normalized spacial score (nSPS) is 15.7. The van der Waals surface area contributed by atoms with Crippen molar-refractivity contribution < 1.29 is 9.47 Å².